The Balaban J connectivity index is 1.82. The lowest BCUT2D eigenvalue weighted by Gasteiger charge is -2.10. The molecule has 0 spiro atoms. The molecule has 0 unspecified atom stereocenters. The van der Waals surface area contributed by atoms with Gasteiger partial charge in [0, 0.05) is 11.8 Å². The van der Waals surface area contributed by atoms with E-state index in [1.54, 1.807) is 6.07 Å². The molecule has 0 radical (unpaired) electrons. The zero-order valence-electron chi connectivity index (χ0n) is 14.4. The number of nitro benzene ring substituents is 1. The van der Waals surface area contributed by atoms with Crippen LogP contribution in [0.4, 0.5) is 11.4 Å². The summed E-state index contributed by atoms with van der Waals surface area (Å²) in [6.45, 7) is 2.73. The molecule has 1 amide bonds. The maximum absolute atomic E-state index is 11.9. The zero-order chi connectivity index (χ0) is 19.1. The van der Waals surface area contributed by atoms with E-state index in [0.717, 1.165) is 11.1 Å². The number of hydrogen-bond acceptors (Lipinski definition) is 6. The average molecular weight is 358 g/mol. The Hall–Kier alpha value is -3.42. The Bertz CT molecular complexity index is 834. The Morgan fingerprint density at radius 1 is 1.12 bits per heavy atom. The van der Waals surface area contributed by atoms with Crippen LogP contribution in [-0.4, -0.2) is 30.0 Å². The molecule has 8 heteroatoms. The van der Waals surface area contributed by atoms with E-state index in [9.17, 15) is 19.7 Å². The first-order valence-electron chi connectivity index (χ1n) is 7.76. The fraction of sp³-hybridized carbons (Fsp3) is 0.222. The summed E-state index contributed by atoms with van der Waals surface area (Å²) in [5.41, 5.74) is 2.26. The van der Waals surface area contributed by atoms with Crippen LogP contribution in [0.1, 0.15) is 11.1 Å². The summed E-state index contributed by atoms with van der Waals surface area (Å²) < 4.78 is 9.92. The smallest absolute Gasteiger partial charge is 0.344 e. The first-order chi connectivity index (χ1) is 12.4. The second-order valence-electron chi connectivity index (χ2n) is 5.54. The van der Waals surface area contributed by atoms with Gasteiger partial charge in [0.05, 0.1) is 4.92 Å². The fourth-order valence-electron chi connectivity index (χ4n) is 2.11. The molecular weight excluding hydrogens is 340 g/mol. The topological polar surface area (TPSA) is 108 Å². The minimum absolute atomic E-state index is 0.0470. The molecule has 0 saturated heterocycles. The molecule has 136 valence electrons. The van der Waals surface area contributed by atoms with Crippen molar-refractivity contribution in [3.63, 3.8) is 0 Å². The molecule has 0 aliphatic rings. The summed E-state index contributed by atoms with van der Waals surface area (Å²) in [4.78, 5) is 33.8. The van der Waals surface area contributed by atoms with Crippen molar-refractivity contribution in [1.82, 2.24) is 0 Å². The number of rotatable bonds is 7. The monoisotopic (exact) mass is 358 g/mol. The second kappa shape index (κ2) is 8.61. The van der Waals surface area contributed by atoms with Gasteiger partial charge in [0.15, 0.2) is 19.0 Å². The number of ether oxygens (including phenoxy) is 2. The van der Waals surface area contributed by atoms with Crippen LogP contribution >= 0.6 is 0 Å². The van der Waals surface area contributed by atoms with E-state index in [1.807, 2.05) is 32.0 Å². The first-order valence-corrected chi connectivity index (χ1v) is 7.76. The number of anilines is 1. The largest absolute Gasteiger partial charge is 0.475 e. The van der Waals surface area contributed by atoms with Gasteiger partial charge in [-0.2, -0.15) is 0 Å². The number of carbonyl (C=O) groups excluding carboxylic acids is 2. The second-order valence-corrected chi connectivity index (χ2v) is 5.54. The molecule has 0 saturated carbocycles. The van der Waals surface area contributed by atoms with Crippen LogP contribution in [0.25, 0.3) is 0 Å². The normalized spacial score (nSPS) is 10.1. The first kappa shape index (κ1) is 18.9. The van der Waals surface area contributed by atoms with Gasteiger partial charge in [-0.25, -0.2) is 4.79 Å². The fourth-order valence-corrected chi connectivity index (χ4v) is 2.11. The highest BCUT2D eigenvalue weighted by Gasteiger charge is 2.16. The van der Waals surface area contributed by atoms with E-state index in [1.165, 1.54) is 18.2 Å². The van der Waals surface area contributed by atoms with Crippen molar-refractivity contribution in [2.24, 2.45) is 0 Å². The lowest BCUT2D eigenvalue weighted by Crippen LogP contribution is -2.24. The molecule has 8 nitrogen and oxygen atoms in total. The Kier molecular flexibility index (Phi) is 6.26. The van der Waals surface area contributed by atoms with E-state index in [0.29, 0.717) is 5.69 Å². The van der Waals surface area contributed by atoms with Crippen molar-refractivity contribution in [3.05, 3.63) is 63.7 Å². The number of esters is 1. The van der Waals surface area contributed by atoms with Crippen LogP contribution in [0.15, 0.2) is 42.5 Å². The minimum Gasteiger partial charge on any atom is -0.475 e. The van der Waals surface area contributed by atoms with Crippen molar-refractivity contribution >= 4 is 23.3 Å². The zero-order valence-corrected chi connectivity index (χ0v) is 14.4. The van der Waals surface area contributed by atoms with Gasteiger partial charge in [-0.15, -0.1) is 0 Å². The summed E-state index contributed by atoms with van der Waals surface area (Å²) in [5.74, 6) is -1.34. The van der Waals surface area contributed by atoms with Gasteiger partial charge in [-0.1, -0.05) is 24.3 Å². The summed E-state index contributed by atoms with van der Waals surface area (Å²) in [5, 5.41) is 13.5. The van der Waals surface area contributed by atoms with E-state index in [-0.39, 0.29) is 11.4 Å². The molecule has 0 aromatic heterocycles. The number of hydrogen-bond donors (Lipinski definition) is 1. The maximum Gasteiger partial charge on any atom is 0.344 e. The Labute approximate surface area is 149 Å². The van der Waals surface area contributed by atoms with Crippen molar-refractivity contribution in [2.75, 3.05) is 18.5 Å². The number of nitro groups is 1. The minimum atomic E-state index is -0.806. The molecule has 0 bridgehead atoms. The lowest BCUT2D eigenvalue weighted by molar-refractivity contribution is -0.385. The van der Waals surface area contributed by atoms with Crippen molar-refractivity contribution in [3.8, 4) is 5.75 Å². The molecular formula is C18H18N2O6. The van der Waals surface area contributed by atoms with Crippen molar-refractivity contribution in [2.45, 2.75) is 13.8 Å². The van der Waals surface area contributed by atoms with Gasteiger partial charge in [-0.05, 0) is 37.1 Å². The molecule has 0 aliphatic carbocycles. The highest BCUT2D eigenvalue weighted by atomic mass is 16.6. The van der Waals surface area contributed by atoms with E-state index >= 15 is 0 Å². The number of aryl methyl sites for hydroxylation is 2. The Morgan fingerprint density at radius 3 is 2.58 bits per heavy atom. The van der Waals surface area contributed by atoms with Gasteiger partial charge in [0.25, 0.3) is 5.91 Å². The molecule has 1 N–H and O–H groups in total. The summed E-state index contributed by atoms with van der Waals surface area (Å²) in [7, 11) is 0. The van der Waals surface area contributed by atoms with Crippen LogP contribution < -0.4 is 10.1 Å². The van der Waals surface area contributed by atoms with Crippen LogP contribution in [-0.2, 0) is 14.3 Å². The van der Waals surface area contributed by atoms with Crippen LogP contribution in [0.3, 0.4) is 0 Å². The third kappa shape index (κ3) is 5.30. The number of para-hydroxylation sites is 2. The molecule has 2 aromatic carbocycles. The molecule has 0 heterocycles. The van der Waals surface area contributed by atoms with Crippen LogP contribution in [0.5, 0.6) is 5.75 Å². The molecule has 2 rings (SSSR count). The number of nitrogens with zero attached hydrogens (tertiary/aromatic N) is 1. The Morgan fingerprint density at radius 2 is 1.85 bits per heavy atom. The van der Waals surface area contributed by atoms with Gasteiger partial charge < -0.3 is 14.8 Å². The third-order valence-electron chi connectivity index (χ3n) is 3.44. The lowest BCUT2D eigenvalue weighted by atomic mass is 10.1. The highest BCUT2D eigenvalue weighted by molar-refractivity contribution is 5.93. The quantitative estimate of drug-likeness (QED) is 0.463. The van der Waals surface area contributed by atoms with Gasteiger partial charge in [0.2, 0.25) is 0 Å². The third-order valence-corrected chi connectivity index (χ3v) is 3.44. The van der Waals surface area contributed by atoms with Gasteiger partial charge in [-0.3, -0.25) is 14.9 Å². The van der Waals surface area contributed by atoms with E-state index in [2.05, 4.69) is 5.32 Å². The van der Waals surface area contributed by atoms with Crippen LogP contribution in [0, 0.1) is 24.0 Å². The van der Waals surface area contributed by atoms with Crippen molar-refractivity contribution < 1.29 is 24.0 Å². The summed E-state index contributed by atoms with van der Waals surface area (Å²) in [6, 6.07) is 11.3. The van der Waals surface area contributed by atoms with Crippen LogP contribution in [0.2, 0.25) is 0 Å². The van der Waals surface area contributed by atoms with Crippen molar-refractivity contribution in [1.29, 1.82) is 0 Å². The number of amides is 1. The summed E-state index contributed by atoms with van der Waals surface area (Å²) in [6.07, 6.45) is 0. The molecule has 26 heavy (non-hydrogen) atoms. The molecule has 0 atom stereocenters. The van der Waals surface area contributed by atoms with E-state index < -0.39 is 30.0 Å². The standard InChI is InChI=1S/C18H18N2O6/c1-12-7-8-13(2)14(9-12)19-17(21)10-26-18(22)11-25-16-6-4-3-5-15(16)20(23)24/h3-9H,10-11H2,1-2H3,(H,19,21). The highest BCUT2D eigenvalue weighted by Crippen LogP contribution is 2.25. The number of carbonyl (C=O) groups is 2. The number of nitrogens with one attached hydrogen (secondary N) is 1. The maximum atomic E-state index is 11.9. The summed E-state index contributed by atoms with van der Waals surface area (Å²) >= 11 is 0. The molecule has 2 aromatic rings. The average Bonchev–Trinajstić information content (AvgIpc) is 2.61. The van der Waals surface area contributed by atoms with E-state index in [4.69, 9.17) is 9.47 Å². The predicted molar refractivity (Wildman–Crippen MR) is 94.1 cm³/mol. The molecule has 0 fully saturated rings. The van der Waals surface area contributed by atoms with Gasteiger partial charge >= 0.3 is 11.7 Å². The molecule has 0 aliphatic heterocycles. The predicted octanol–water partition coefficient (Wildman–Crippen LogP) is 2.77. The number of benzene rings is 2. The SMILES string of the molecule is Cc1ccc(C)c(NC(=O)COC(=O)COc2ccccc2[N+](=O)[O-])c1. The van der Waals surface area contributed by atoms with Gasteiger partial charge in [0.1, 0.15) is 0 Å².